The van der Waals surface area contributed by atoms with E-state index in [0.29, 0.717) is 5.02 Å². The van der Waals surface area contributed by atoms with Crippen molar-refractivity contribution in [2.45, 2.75) is 16.7 Å². The predicted octanol–water partition coefficient (Wildman–Crippen LogP) is 3.06. The molecule has 0 aliphatic heterocycles. The Bertz CT molecular complexity index is 679. The molecule has 0 amide bonds. The highest BCUT2D eigenvalue weighted by Crippen LogP contribution is 2.28. The van der Waals surface area contributed by atoms with E-state index in [1.165, 1.54) is 18.2 Å². The van der Waals surface area contributed by atoms with E-state index in [1.807, 2.05) is 6.92 Å². The van der Waals surface area contributed by atoms with Crippen LogP contribution in [0.4, 0.5) is 5.69 Å². The van der Waals surface area contributed by atoms with Crippen LogP contribution in [0.5, 0.6) is 0 Å². The van der Waals surface area contributed by atoms with Gasteiger partial charge in [0.25, 0.3) is 0 Å². The van der Waals surface area contributed by atoms with Crippen molar-refractivity contribution >= 4 is 27.1 Å². The van der Waals surface area contributed by atoms with Gasteiger partial charge in [-0.15, -0.1) is 0 Å². The third-order valence-corrected chi connectivity index (χ3v) is 4.67. The first-order valence-corrected chi connectivity index (χ1v) is 7.14. The molecule has 0 aliphatic rings. The van der Waals surface area contributed by atoms with Crippen LogP contribution in [-0.4, -0.2) is 8.42 Å². The Morgan fingerprint density at radius 2 is 1.67 bits per heavy atom. The number of anilines is 1. The molecule has 0 heterocycles. The van der Waals surface area contributed by atoms with Crippen molar-refractivity contribution in [2.24, 2.45) is 0 Å². The molecule has 0 saturated carbocycles. The molecule has 94 valence electrons. The molecule has 0 aromatic heterocycles. The van der Waals surface area contributed by atoms with Crippen LogP contribution in [0.3, 0.4) is 0 Å². The Kier molecular flexibility index (Phi) is 3.32. The van der Waals surface area contributed by atoms with Crippen molar-refractivity contribution < 1.29 is 8.42 Å². The van der Waals surface area contributed by atoms with Gasteiger partial charge in [0.1, 0.15) is 0 Å². The maximum Gasteiger partial charge on any atom is 0.208 e. The Hall–Kier alpha value is -1.52. The first kappa shape index (κ1) is 12.9. The number of aryl methyl sites for hydroxylation is 1. The smallest absolute Gasteiger partial charge is 0.208 e. The normalized spacial score (nSPS) is 11.4. The van der Waals surface area contributed by atoms with Crippen molar-refractivity contribution in [2.75, 3.05) is 5.73 Å². The molecule has 2 N–H and O–H groups in total. The molecule has 0 saturated heterocycles. The molecule has 18 heavy (non-hydrogen) atoms. The quantitative estimate of drug-likeness (QED) is 0.861. The fraction of sp³-hybridized carbons (Fsp3) is 0.0769. The number of benzene rings is 2. The highest BCUT2D eigenvalue weighted by molar-refractivity contribution is 7.91. The third kappa shape index (κ3) is 2.35. The molecule has 0 aliphatic carbocycles. The lowest BCUT2D eigenvalue weighted by molar-refractivity contribution is 0.596. The fourth-order valence-corrected chi connectivity index (χ4v) is 3.15. The molecule has 0 atom stereocenters. The first-order chi connectivity index (χ1) is 8.41. The van der Waals surface area contributed by atoms with Crippen LogP contribution in [-0.2, 0) is 9.84 Å². The number of hydrogen-bond acceptors (Lipinski definition) is 3. The molecule has 0 bridgehead atoms. The van der Waals surface area contributed by atoms with Crippen LogP contribution in [0.2, 0.25) is 5.02 Å². The van der Waals surface area contributed by atoms with Crippen LogP contribution < -0.4 is 5.73 Å². The number of hydrogen-bond donors (Lipinski definition) is 1. The van der Waals surface area contributed by atoms with Gasteiger partial charge in [0, 0.05) is 5.02 Å². The molecular weight excluding hydrogens is 270 g/mol. The Morgan fingerprint density at radius 3 is 2.22 bits per heavy atom. The molecule has 2 aromatic rings. The molecule has 0 unspecified atom stereocenters. The number of nitrogens with two attached hydrogens (primary N) is 1. The molecule has 0 spiro atoms. The van der Waals surface area contributed by atoms with Gasteiger partial charge in [0.15, 0.2) is 0 Å². The average molecular weight is 282 g/mol. The molecule has 0 radical (unpaired) electrons. The number of halogens is 1. The van der Waals surface area contributed by atoms with E-state index in [-0.39, 0.29) is 15.5 Å². The summed E-state index contributed by atoms with van der Waals surface area (Å²) in [6.07, 6.45) is 0. The third-order valence-electron chi connectivity index (χ3n) is 2.59. The fourth-order valence-electron chi connectivity index (χ4n) is 1.61. The summed E-state index contributed by atoms with van der Waals surface area (Å²) in [7, 11) is -3.59. The molecule has 0 fully saturated rings. The summed E-state index contributed by atoms with van der Waals surface area (Å²) in [6.45, 7) is 1.90. The lowest BCUT2D eigenvalue weighted by atomic mass is 10.2. The summed E-state index contributed by atoms with van der Waals surface area (Å²) >= 11 is 5.76. The van der Waals surface area contributed by atoms with Gasteiger partial charge in [-0.3, -0.25) is 0 Å². The maximum absolute atomic E-state index is 12.4. The minimum Gasteiger partial charge on any atom is -0.398 e. The SMILES string of the molecule is Cc1ccc(S(=O)(=O)c2ccc(Cl)cc2N)cc1. The second-order valence-electron chi connectivity index (χ2n) is 4.00. The molecule has 5 heteroatoms. The predicted molar refractivity (Wildman–Crippen MR) is 72.5 cm³/mol. The van der Waals surface area contributed by atoms with Gasteiger partial charge >= 0.3 is 0 Å². The zero-order valence-corrected chi connectivity index (χ0v) is 11.3. The van der Waals surface area contributed by atoms with E-state index in [4.69, 9.17) is 17.3 Å². The standard InChI is InChI=1S/C13H12ClNO2S/c1-9-2-5-11(6-3-9)18(16,17)13-7-4-10(14)8-12(13)15/h2-8H,15H2,1H3. The van der Waals surface area contributed by atoms with Crippen LogP contribution in [0.15, 0.2) is 52.3 Å². The van der Waals surface area contributed by atoms with Crippen molar-refractivity contribution in [3.8, 4) is 0 Å². The Morgan fingerprint density at radius 1 is 1.06 bits per heavy atom. The van der Waals surface area contributed by atoms with E-state index in [1.54, 1.807) is 24.3 Å². The van der Waals surface area contributed by atoms with Gasteiger partial charge in [0.2, 0.25) is 9.84 Å². The summed E-state index contributed by atoms with van der Waals surface area (Å²) in [5.41, 5.74) is 6.86. The van der Waals surface area contributed by atoms with Gasteiger partial charge in [0.05, 0.1) is 15.5 Å². The van der Waals surface area contributed by atoms with E-state index < -0.39 is 9.84 Å². The Labute approximate surface area is 111 Å². The van der Waals surface area contributed by atoms with E-state index >= 15 is 0 Å². The van der Waals surface area contributed by atoms with Crippen LogP contribution in [0.1, 0.15) is 5.56 Å². The van der Waals surface area contributed by atoms with Crippen LogP contribution >= 0.6 is 11.6 Å². The maximum atomic E-state index is 12.4. The second-order valence-corrected chi connectivity index (χ2v) is 6.35. The Balaban J connectivity index is 2.58. The van der Waals surface area contributed by atoms with Crippen molar-refractivity contribution in [1.82, 2.24) is 0 Å². The van der Waals surface area contributed by atoms with Gasteiger partial charge in [-0.1, -0.05) is 29.3 Å². The zero-order chi connectivity index (χ0) is 13.3. The molecular formula is C13H12ClNO2S. The topological polar surface area (TPSA) is 60.2 Å². The minimum atomic E-state index is -3.59. The summed E-state index contributed by atoms with van der Waals surface area (Å²) in [5, 5.41) is 0.412. The van der Waals surface area contributed by atoms with E-state index in [0.717, 1.165) is 5.56 Å². The molecule has 2 rings (SSSR count). The highest BCUT2D eigenvalue weighted by Gasteiger charge is 2.20. The lowest BCUT2D eigenvalue weighted by Gasteiger charge is -2.08. The molecule has 2 aromatic carbocycles. The number of sulfone groups is 1. The van der Waals surface area contributed by atoms with Crippen molar-refractivity contribution in [1.29, 1.82) is 0 Å². The first-order valence-electron chi connectivity index (χ1n) is 5.28. The monoisotopic (exact) mass is 281 g/mol. The average Bonchev–Trinajstić information content (AvgIpc) is 2.29. The van der Waals surface area contributed by atoms with Crippen LogP contribution in [0.25, 0.3) is 0 Å². The summed E-state index contributed by atoms with van der Waals surface area (Å²) in [5.74, 6) is 0. The number of rotatable bonds is 2. The van der Waals surface area contributed by atoms with E-state index in [2.05, 4.69) is 0 Å². The lowest BCUT2D eigenvalue weighted by Crippen LogP contribution is -2.05. The minimum absolute atomic E-state index is 0.0794. The number of nitrogen functional groups attached to an aromatic ring is 1. The summed E-state index contributed by atoms with van der Waals surface area (Å²) in [6, 6.07) is 11.0. The van der Waals surface area contributed by atoms with Crippen molar-refractivity contribution in [3.05, 3.63) is 53.1 Å². The van der Waals surface area contributed by atoms with E-state index in [9.17, 15) is 8.42 Å². The largest absolute Gasteiger partial charge is 0.398 e. The van der Waals surface area contributed by atoms with Crippen LogP contribution in [0, 0.1) is 6.92 Å². The summed E-state index contributed by atoms with van der Waals surface area (Å²) in [4.78, 5) is 0.304. The van der Waals surface area contributed by atoms with Gasteiger partial charge in [-0.2, -0.15) is 0 Å². The van der Waals surface area contributed by atoms with Gasteiger partial charge in [-0.05, 0) is 37.3 Å². The van der Waals surface area contributed by atoms with Crippen molar-refractivity contribution in [3.63, 3.8) is 0 Å². The molecule has 3 nitrogen and oxygen atoms in total. The highest BCUT2D eigenvalue weighted by atomic mass is 35.5. The summed E-state index contributed by atoms with van der Waals surface area (Å²) < 4.78 is 24.7. The van der Waals surface area contributed by atoms with Gasteiger partial charge in [-0.25, -0.2) is 8.42 Å². The second kappa shape index (κ2) is 4.63. The van der Waals surface area contributed by atoms with Gasteiger partial charge < -0.3 is 5.73 Å². The zero-order valence-electron chi connectivity index (χ0n) is 9.72.